The molecule has 0 fully saturated rings. The summed E-state index contributed by atoms with van der Waals surface area (Å²) in [5, 5.41) is 0. The Labute approximate surface area is 128 Å². The average molecular weight is 358 g/mol. The normalized spacial score (nSPS) is 11.6. The molecule has 0 aliphatic rings. The minimum absolute atomic E-state index is 0.0989. The summed E-state index contributed by atoms with van der Waals surface area (Å²) < 4.78 is 7.21. The molecule has 0 aliphatic heterocycles. The van der Waals surface area contributed by atoms with Gasteiger partial charge in [-0.15, -0.1) is 0 Å². The Hall–Kier alpha value is 0.339. The van der Waals surface area contributed by atoms with E-state index in [1.165, 1.54) is 86.7 Å². The van der Waals surface area contributed by atoms with Crippen molar-refractivity contribution in [1.29, 1.82) is 0 Å². The zero-order valence-electron chi connectivity index (χ0n) is 12.7. The van der Waals surface area contributed by atoms with Crippen molar-refractivity contribution < 1.29 is 4.74 Å². The molecule has 0 saturated heterocycles. The number of rotatable bonds is 12. The third-order valence-electron chi connectivity index (χ3n) is 3.55. The Morgan fingerprint density at radius 2 is 1.33 bits per heavy atom. The van der Waals surface area contributed by atoms with Crippen LogP contribution in [0.3, 0.4) is 0 Å². The van der Waals surface area contributed by atoms with E-state index in [1.54, 1.807) is 0 Å². The van der Waals surface area contributed by atoms with Crippen LogP contribution in [0.25, 0.3) is 0 Å². The van der Waals surface area contributed by atoms with Gasteiger partial charge < -0.3 is 0 Å². The van der Waals surface area contributed by atoms with Gasteiger partial charge in [0.1, 0.15) is 0 Å². The van der Waals surface area contributed by atoms with E-state index in [4.69, 9.17) is 4.74 Å². The molecule has 0 rings (SSSR count). The molecule has 0 aliphatic carbocycles. The Bertz CT molecular complexity index is 205. The molecule has 2 heteroatoms. The number of hydrogen-bond donors (Lipinski definition) is 0. The van der Waals surface area contributed by atoms with Gasteiger partial charge in [-0.1, -0.05) is 0 Å². The summed E-state index contributed by atoms with van der Waals surface area (Å²) in [5.74, 6) is 0. The van der Waals surface area contributed by atoms with E-state index in [-0.39, 0.29) is 5.60 Å². The third-order valence-corrected chi connectivity index (χ3v) is 3.84. The first-order chi connectivity index (χ1) is 8.60. The molecule has 0 N–H and O–H groups in total. The van der Waals surface area contributed by atoms with E-state index in [9.17, 15) is 0 Å². The minimum atomic E-state index is 0.0989. The van der Waals surface area contributed by atoms with Gasteiger partial charge in [0.15, 0.2) is 0 Å². The molecule has 0 spiro atoms. The van der Waals surface area contributed by atoms with Crippen LogP contribution in [0, 0.1) is 0 Å². The van der Waals surface area contributed by atoms with Crippen LogP contribution in [-0.4, -0.2) is 28.1 Å². The average Bonchev–Trinajstić information content (AvgIpc) is 2.33. The molecule has 0 saturated carbocycles. The summed E-state index contributed by atoms with van der Waals surface area (Å²) in [4.78, 5) is 0. The first-order valence-corrected chi connectivity index (χ1v) is 9.12. The first-order valence-electron chi connectivity index (χ1n) is 7.69. The molecule has 0 atom stereocenters. The van der Waals surface area contributed by atoms with Gasteiger partial charge in [0.05, 0.1) is 0 Å². The molecule has 0 bridgehead atoms. The van der Waals surface area contributed by atoms with Gasteiger partial charge >= 0.3 is 128 Å². The molecular weight excluding hydrogens is 327 g/mol. The maximum atomic E-state index is 6.23. The molecular formula is C16H31OSn+3. The van der Waals surface area contributed by atoms with Crippen LogP contribution < -0.4 is 0 Å². The molecule has 102 valence electrons. The standard InChI is InChI=1S/C16H31O.Sn/c1-5-9-12-15-16(17-8-4,13-10-6-2)14-11-7-3;/h4-7,9-15H2,1-3H3;/q;+3. The molecule has 18 heavy (non-hydrogen) atoms. The van der Waals surface area contributed by atoms with Crippen molar-refractivity contribution >= 4 is 22.5 Å². The summed E-state index contributed by atoms with van der Waals surface area (Å²) in [6.07, 6.45) is 12.6. The van der Waals surface area contributed by atoms with Crippen LogP contribution in [0.4, 0.5) is 0 Å². The molecule has 0 unspecified atom stereocenters. The van der Waals surface area contributed by atoms with Crippen LogP contribution in [0.5, 0.6) is 0 Å². The van der Waals surface area contributed by atoms with Gasteiger partial charge in [-0.05, 0) is 0 Å². The summed E-state index contributed by atoms with van der Waals surface area (Å²) in [6.45, 7) is 10.8. The first kappa shape index (κ1) is 18.3. The van der Waals surface area contributed by atoms with Crippen LogP contribution in [-0.2, 0) is 4.74 Å². The van der Waals surface area contributed by atoms with Gasteiger partial charge in [0.25, 0.3) is 0 Å². The van der Waals surface area contributed by atoms with Crippen LogP contribution >= 0.6 is 0 Å². The SMILES string of the molecule is C=[C]([Sn+3])OC(CCCC)(CCCC)CCCCC. The summed E-state index contributed by atoms with van der Waals surface area (Å²) >= 11 is 1.32. The number of hydrogen-bond acceptors (Lipinski definition) is 1. The van der Waals surface area contributed by atoms with E-state index < -0.39 is 0 Å². The van der Waals surface area contributed by atoms with Crippen LogP contribution in [0.15, 0.2) is 10.4 Å². The predicted molar refractivity (Wildman–Crippen MR) is 81.9 cm³/mol. The van der Waals surface area contributed by atoms with Crippen molar-refractivity contribution in [1.82, 2.24) is 0 Å². The maximum absolute atomic E-state index is 6.23. The van der Waals surface area contributed by atoms with Crippen molar-refractivity contribution in [3.8, 4) is 0 Å². The topological polar surface area (TPSA) is 9.23 Å². The molecule has 0 radical (unpaired) electrons. The van der Waals surface area contributed by atoms with Crippen molar-refractivity contribution in [2.45, 2.75) is 90.6 Å². The van der Waals surface area contributed by atoms with E-state index >= 15 is 0 Å². The second-order valence-electron chi connectivity index (χ2n) is 5.37. The van der Waals surface area contributed by atoms with Gasteiger partial charge in [-0.3, -0.25) is 0 Å². The van der Waals surface area contributed by atoms with Gasteiger partial charge in [0.2, 0.25) is 0 Å². The Morgan fingerprint density at radius 3 is 1.72 bits per heavy atom. The summed E-state index contributed by atoms with van der Waals surface area (Å²) in [6, 6.07) is 0. The quantitative estimate of drug-likeness (QED) is 0.260. The van der Waals surface area contributed by atoms with Gasteiger partial charge in [-0.25, -0.2) is 0 Å². The van der Waals surface area contributed by atoms with Crippen molar-refractivity contribution in [3.63, 3.8) is 0 Å². The van der Waals surface area contributed by atoms with Gasteiger partial charge in [0, 0.05) is 0 Å². The van der Waals surface area contributed by atoms with Gasteiger partial charge in [-0.2, -0.15) is 0 Å². The molecule has 0 amide bonds. The Morgan fingerprint density at radius 1 is 0.889 bits per heavy atom. The Kier molecular flexibility index (Phi) is 11.4. The molecule has 0 heterocycles. The number of ether oxygens (including phenoxy) is 1. The predicted octanol–water partition coefficient (Wildman–Crippen LogP) is 5.34. The summed E-state index contributed by atoms with van der Waals surface area (Å²) in [7, 11) is 0. The molecule has 0 aromatic heterocycles. The second-order valence-corrected chi connectivity index (χ2v) is 6.96. The fraction of sp³-hybridized carbons (Fsp3) is 0.875. The molecule has 0 aromatic rings. The monoisotopic (exact) mass is 359 g/mol. The Balaban J connectivity index is 4.56. The summed E-state index contributed by atoms with van der Waals surface area (Å²) in [5.41, 5.74) is 0.0989. The zero-order valence-corrected chi connectivity index (χ0v) is 15.5. The van der Waals surface area contributed by atoms with Crippen molar-refractivity contribution in [2.75, 3.05) is 0 Å². The number of unbranched alkanes of at least 4 members (excludes halogenated alkanes) is 4. The van der Waals surface area contributed by atoms with Crippen LogP contribution in [0.1, 0.15) is 85.0 Å². The molecule has 1 nitrogen and oxygen atoms in total. The zero-order chi connectivity index (χ0) is 13.9. The van der Waals surface area contributed by atoms with Crippen molar-refractivity contribution in [3.05, 3.63) is 10.4 Å². The fourth-order valence-electron chi connectivity index (χ4n) is 2.48. The van der Waals surface area contributed by atoms with E-state index in [0.29, 0.717) is 0 Å². The molecule has 0 aromatic carbocycles. The third kappa shape index (κ3) is 8.44. The van der Waals surface area contributed by atoms with Crippen molar-refractivity contribution in [2.24, 2.45) is 0 Å². The van der Waals surface area contributed by atoms with E-state index in [1.807, 2.05) is 0 Å². The second kappa shape index (κ2) is 11.2. The van der Waals surface area contributed by atoms with E-state index in [0.717, 1.165) is 3.78 Å². The van der Waals surface area contributed by atoms with Crippen LogP contribution in [0.2, 0.25) is 0 Å². The fourth-order valence-corrected chi connectivity index (χ4v) is 3.10. The van der Waals surface area contributed by atoms with E-state index in [2.05, 4.69) is 27.4 Å².